The van der Waals surface area contributed by atoms with Gasteiger partial charge >= 0.3 is 0 Å². The third-order valence-corrected chi connectivity index (χ3v) is 3.44. The Hall–Kier alpha value is -1.45. The number of rotatable bonds is 3. The van der Waals surface area contributed by atoms with Crippen molar-refractivity contribution in [1.29, 1.82) is 0 Å². The van der Waals surface area contributed by atoms with Crippen LogP contribution >= 0.6 is 11.6 Å². The zero-order valence-electron chi connectivity index (χ0n) is 10.5. The molecule has 0 aliphatic carbocycles. The van der Waals surface area contributed by atoms with Crippen LogP contribution in [0.15, 0.2) is 36.4 Å². The molecule has 0 aliphatic heterocycles. The van der Waals surface area contributed by atoms with Crippen molar-refractivity contribution in [2.24, 2.45) is 5.73 Å². The lowest BCUT2D eigenvalue weighted by molar-refractivity contribution is 0.571. The summed E-state index contributed by atoms with van der Waals surface area (Å²) in [5.41, 5.74) is 7.53. The normalized spacial score (nSPS) is 12.5. The summed E-state index contributed by atoms with van der Waals surface area (Å²) in [6, 6.07) is 8.60. The van der Waals surface area contributed by atoms with Gasteiger partial charge in [-0.3, -0.25) is 0 Å². The quantitative estimate of drug-likeness (QED) is 0.898. The van der Waals surface area contributed by atoms with E-state index >= 15 is 0 Å². The average molecular weight is 282 g/mol. The fourth-order valence-corrected chi connectivity index (χ4v) is 2.20. The second kappa shape index (κ2) is 5.68. The first kappa shape index (κ1) is 14.0. The molecule has 19 heavy (non-hydrogen) atoms. The smallest absolute Gasteiger partial charge is 0.130 e. The van der Waals surface area contributed by atoms with E-state index in [0.29, 0.717) is 21.7 Å². The Labute approximate surface area is 116 Å². The zero-order chi connectivity index (χ0) is 14.0. The molecule has 2 N–H and O–H groups in total. The minimum absolute atomic E-state index is 0.289. The van der Waals surface area contributed by atoms with Crippen molar-refractivity contribution < 1.29 is 8.78 Å². The molecule has 1 unspecified atom stereocenters. The first-order valence-electron chi connectivity index (χ1n) is 5.93. The van der Waals surface area contributed by atoms with Crippen LogP contribution in [0.4, 0.5) is 8.78 Å². The van der Waals surface area contributed by atoms with Gasteiger partial charge in [0.2, 0.25) is 0 Å². The van der Waals surface area contributed by atoms with Crippen LogP contribution in [-0.2, 0) is 6.42 Å². The van der Waals surface area contributed by atoms with Crippen molar-refractivity contribution in [2.45, 2.75) is 19.4 Å². The first-order valence-corrected chi connectivity index (χ1v) is 6.31. The maximum atomic E-state index is 13.9. The van der Waals surface area contributed by atoms with Crippen LogP contribution < -0.4 is 5.73 Å². The van der Waals surface area contributed by atoms with Gasteiger partial charge in [-0.2, -0.15) is 0 Å². The van der Waals surface area contributed by atoms with Crippen LogP contribution in [0.3, 0.4) is 0 Å². The van der Waals surface area contributed by atoms with Crippen LogP contribution in [0.25, 0.3) is 0 Å². The summed E-state index contributed by atoms with van der Waals surface area (Å²) in [5, 5.41) is 0.435. The van der Waals surface area contributed by atoms with Gasteiger partial charge in [0, 0.05) is 16.6 Å². The van der Waals surface area contributed by atoms with Gasteiger partial charge in [-0.05, 0) is 42.7 Å². The Morgan fingerprint density at radius 3 is 2.68 bits per heavy atom. The van der Waals surface area contributed by atoms with Crippen LogP contribution in [-0.4, -0.2) is 0 Å². The van der Waals surface area contributed by atoms with Crippen LogP contribution in [0.1, 0.15) is 22.7 Å². The summed E-state index contributed by atoms with van der Waals surface area (Å²) in [4.78, 5) is 0. The first-order chi connectivity index (χ1) is 8.99. The summed E-state index contributed by atoms with van der Waals surface area (Å²) in [7, 11) is 0. The fraction of sp³-hybridized carbons (Fsp3) is 0.200. The topological polar surface area (TPSA) is 26.0 Å². The van der Waals surface area contributed by atoms with Crippen molar-refractivity contribution in [2.75, 3.05) is 0 Å². The van der Waals surface area contributed by atoms with Gasteiger partial charge in [-0.1, -0.05) is 29.8 Å². The number of hydrogen-bond donors (Lipinski definition) is 1. The maximum Gasteiger partial charge on any atom is 0.130 e. The summed E-state index contributed by atoms with van der Waals surface area (Å²) >= 11 is 5.98. The minimum atomic E-state index is -0.556. The molecule has 1 atom stereocenters. The summed E-state index contributed by atoms with van der Waals surface area (Å²) in [5.74, 6) is -0.696. The van der Waals surface area contributed by atoms with E-state index < -0.39 is 6.04 Å². The molecule has 100 valence electrons. The molecule has 4 heteroatoms. The molecule has 0 radical (unpaired) electrons. The molecule has 2 rings (SSSR count). The Balaban J connectivity index is 2.28. The Kier molecular flexibility index (Phi) is 4.17. The summed E-state index contributed by atoms with van der Waals surface area (Å²) in [6.45, 7) is 1.68. The molecule has 0 spiro atoms. The zero-order valence-corrected chi connectivity index (χ0v) is 11.2. The van der Waals surface area contributed by atoms with Gasteiger partial charge in [0.15, 0.2) is 0 Å². The summed E-state index contributed by atoms with van der Waals surface area (Å²) < 4.78 is 27.1. The van der Waals surface area contributed by atoms with Crippen LogP contribution in [0.5, 0.6) is 0 Å². The largest absolute Gasteiger partial charge is 0.324 e. The number of nitrogens with two attached hydrogens (primary N) is 1. The summed E-state index contributed by atoms with van der Waals surface area (Å²) in [6.07, 6.45) is 0.289. The molecule has 0 saturated heterocycles. The van der Waals surface area contributed by atoms with E-state index in [1.807, 2.05) is 0 Å². The number of benzene rings is 2. The molecule has 0 fully saturated rings. The Morgan fingerprint density at radius 2 is 1.95 bits per heavy atom. The fourth-order valence-electron chi connectivity index (χ4n) is 2.00. The van der Waals surface area contributed by atoms with E-state index in [1.165, 1.54) is 18.2 Å². The van der Waals surface area contributed by atoms with E-state index in [0.717, 1.165) is 0 Å². The minimum Gasteiger partial charge on any atom is -0.324 e. The molecule has 0 aliphatic rings. The lowest BCUT2D eigenvalue weighted by atomic mass is 9.97. The Bertz CT molecular complexity index is 599. The predicted octanol–water partition coefficient (Wildman–Crippen LogP) is 4.17. The monoisotopic (exact) mass is 281 g/mol. The highest BCUT2D eigenvalue weighted by molar-refractivity contribution is 6.31. The molecule has 0 heterocycles. The van der Waals surface area contributed by atoms with E-state index in [9.17, 15) is 8.78 Å². The highest BCUT2D eigenvalue weighted by Gasteiger charge is 2.15. The second-order valence-corrected chi connectivity index (χ2v) is 4.93. The van der Waals surface area contributed by atoms with E-state index in [4.69, 9.17) is 17.3 Å². The van der Waals surface area contributed by atoms with Gasteiger partial charge in [0.05, 0.1) is 0 Å². The lowest BCUT2D eigenvalue weighted by Gasteiger charge is -2.15. The molecular weight excluding hydrogens is 268 g/mol. The van der Waals surface area contributed by atoms with Crippen LogP contribution in [0.2, 0.25) is 5.02 Å². The molecule has 1 nitrogen and oxygen atoms in total. The third-order valence-electron chi connectivity index (χ3n) is 3.07. The molecule has 2 aromatic rings. The van der Waals surface area contributed by atoms with Gasteiger partial charge in [0.25, 0.3) is 0 Å². The van der Waals surface area contributed by atoms with E-state index in [1.54, 1.807) is 25.1 Å². The van der Waals surface area contributed by atoms with Gasteiger partial charge < -0.3 is 5.73 Å². The van der Waals surface area contributed by atoms with Crippen LogP contribution in [0, 0.1) is 18.6 Å². The highest BCUT2D eigenvalue weighted by Crippen LogP contribution is 2.25. The Morgan fingerprint density at radius 1 is 1.21 bits per heavy atom. The van der Waals surface area contributed by atoms with Crippen molar-refractivity contribution >= 4 is 11.6 Å². The number of hydrogen-bond acceptors (Lipinski definition) is 1. The molecule has 0 saturated carbocycles. The molecule has 0 amide bonds. The lowest BCUT2D eigenvalue weighted by Crippen LogP contribution is -2.16. The number of halogens is 3. The molecule has 0 aromatic heterocycles. The van der Waals surface area contributed by atoms with Crippen molar-refractivity contribution in [3.63, 3.8) is 0 Å². The predicted molar refractivity (Wildman–Crippen MR) is 73.2 cm³/mol. The second-order valence-electron chi connectivity index (χ2n) is 4.52. The maximum absolute atomic E-state index is 13.9. The van der Waals surface area contributed by atoms with Crippen molar-refractivity contribution in [3.8, 4) is 0 Å². The third kappa shape index (κ3) is 3.11. The number of aryl methyl sites for hydroxylation is 1. The van der Waals surface area contributed by atoms with Crippen molar-refractivity contribution in [1.82, 2.24) is 0 Å². The van der Waals surface area contributed by atoms with Gasteiger partial charge in [0.1, 0.15) is 11.6 Å². The van der Waals surface area contributed by atoms with E-state index in [2.05, 4.69) is 0 Å². The highest BCUT2D eigenvalue weighted by atomic mass is 35.5. The molecule has 2 aromatic carbocycles. The average Bonchev–Trinajstić information content (AvgIpc) is 2.37. The SMILES string of the molecule is Cc1cccc(C(N)Cc2cc(F)ccc2Cl)c1F. The van der Waals surface area contributed by atoms with Gasteiger partial charge in [-0.25, -0.2) is 8.78 Å². The molecular formula is C15H14ClF2N. The van der Waals surface area contributed by atoms with Crippen molar-refractivity contribution in [3.05, 3.63) is 69.7 Å². The molecule has 0 bridgehead atoms. The standard InChI is InChI=1S/C15H14ClF2N/c1-9-3-2-4-12(15(9)18)14(19)8-10-7-11(17)5-6-13(10)16/h2-7,14H,8,19H2,1H3. The van der Waals surface area contributed by atoms with Gasteiger partial charge in [-0.15, -0.1) is 0 Å². The van der Waals surface area contributed by atoms with E-state index in [-0.39, 0.29) is 18.1 Å².